The number of pyridine rings is 1. The Morgan fingerprint density at radius 3 is 2.43 bits per heavy atom. The minimum Gasteiger partial charge on any atom is -0.480 e. The van der Waals surface area contributed by atoms with Crippen LogP contribution in [0.4, 0.5) is 0 Å². The fraction of sp³-hybridized carbons (Fsp3) is 0.345. The molecule has 4 aromatic rings. The average Bonchev–Trinajstić information content (AvgIpc) is 3.26. The van der Waals surface area contributed by atoms with Crippen LogP contribution in [0.25, 0.3) is 22.0 Å². The number of hydrogen-bond donors (Lipinski definition) is 1. The molecular formula is C29H30N4O2. The summed E-state index contributed by atoms with van der Waals surface area (Å²) in [4.78, 5) is 17.7. The molecule has 2 aliphatic rings. The first-order chi connectivity index (χ1) is 17.0. The fourth-order valence-corrected chi connectivity index (χ4v) is 6.24. The Balaban J connectivity index is 1.25. The number of rotatable bonds is 6. The van der Waals surface area contributed by atoms with Gasteiger partial charge in [0, 0.05) is 12.2 Å². The summed E-state index contributed by atoms with van der Waals surface area (Å²) in [5.41, 5.74) is 5.25. The van der Waals surface area contributed by atoms with Gasteiger partial charge in [0.2, 0.25) is 5.88 Å². The van der Waals surface area contributed by atoms with Crippen LogP contribution in [-0.2, 0) is 6.54 Å². The Kier molecular flexibility index (Phi) is 5.32. The predicted octanol–water partition coefficient (Wildman–Crippen LogP) is 5.46. The molecule has 1 amide bonds. The zero-order valence-electron chi connectivity index (χ0n) is 20.2. The molecule has 2 aromatic carbocycles. The van der Waals surface area contributed by atoms with Crippen LogP contribution in [0.2, 0.25) is 0 Å². The summed E-state index contributed by atoms with van der Waals surface area (Å²) in [6.45, 7) is 2.86. The van der Waals surface area contributed by atoms with E-state index in [2.05, 4.69) is 58.7 Å². The van der Waals surface area contributed by atoms with Crippen LogP contribution in [0.1, 0.15) is 48.5 Å². The van der Waals surface area contributed by atoms with Crippen LogP contribution in [0.5, 0.6) is 5.88 Å². The Hall–Kier alpha value is -3.67. The lowest BCUT2D eigenvalue weighted by Gasteiger charge is -2.57. The van der Waals surface area contributed by atoms with Crippen LogP contribution in [0.15, 0.2) is 67.0 Å². The Bertz CT molecular complexity index is 1360. The van der Waals surface area contributed by atoms with Gasteiger partial charge in [-0.3, -0.25) is 9.48 Å². The van der Waals surface area contributed by atoms with Crippen molar-refractivity contribution < 1.29 is 9.53 Å². The molecule has 0 unspecified atom stereocenters. The number of methoxy groups -OCH3 is 1. The summed E-state index contributed by atoms with van der Waals surface area (Å²) < 4.78 is 7.34. The zero-order valence-corrected chi connectivity index (χ0v) is 20.2. The van der Waals surface area contributed by atoms with Crippen molar-refractivity contribution in [3.05, 3.63) is 78.1 Å². The number of ether oxygens (including phenoxy) is 1. The summed E-state index contributed by atoms with van der Waals surface area (Å²) in [5.74, 6) is 1.22. The number of nitrogens with zero attached hydrogens (tertiary/aromatic N) is 3. The van der Waals surface area contributed by atoms with E-state index in [1.54, 1.807) is 19.5 Å². The lowest BCUT2D eigenvalue weighted by Crippen LogP contribution is -2.55. The van der Waals surface area contributed by atoms with Crippen LogP contribution < -0.4 is 10.1 Å². The van der Waals surface area contributed by atoms with Crippen molar-refractivity contribution >= 4 is 16.8 Å². The lowest BCUT2D eigenvalue weighted by molar-refractivity contribution is -0.0399. The molecule has 0 bridgehead atoms. The van der Waals surface area contributed by atoms with Gasteiger partial charge in [0.25, 0.3) is 5.91 Å². The molecule has 35 heavy (non-hydrogen) atoms. The number of carbonyl (C=O) groups excluding carboxylic acids is 1. The van der Waals surface area contributed by atoms with Crippen molar-refractivity contribution in [3.8, 4) is 17.0 Å². The third-order valence-corrected chi connectivity index (χ3v) is 7.72. The number of carbonyl (C=O) groups is 1. The van der Waals surface area contributed by atoms with E-state index >= 15 is 0 Å². The predicted molar refractivity (Wildman–Crippen MR) is 136 cm³/mol. The SMILES string of the molecule is COc1ncc(C(=O)NC2CC3(CC(C)C3)C2)c2c1cnn2Cc1ccc(-c2ccccc2)cc1. The van der Waals surface area contributed by atoms with E-state index in [0.717, 1.165) is 35.2 Å². The molecule has 1 N–H and O–H groups in total. The highest BCUT2D eigenvalue weighted by molar-refractivity contribution is 6.06. The first-order valence-corrected chi connectivity index (χ1v) is 12.4. The molecule has 2 fully saturated rings. The monoisotopic (exact) mass is 466 g/mol. The molecule has 2 heterocycles. The maximum Gasteiger partial charge on any atom is 0.255 e. The Morgan fingerprint density at radius 2 is 1.74 bits per heavy atom. The number of aromatic nitrogens is 3. The molecule has 2 saturated carbocycles. The van der Waals surface area contributed by atoms with Crippen molar-refractivity contribution in [1.82, 2.24) is 20.1 Å². The van der Waals surface area contributed by atoms with Crippen LogP contribution in [0.3, 0.4) is 0 Å². The van der Waals surface area contributed by atoms with Gasteiger partial charge in [0.1, 0.15) is 0 Å². The van der Waals surface area contributed by atoms with Gasteiger partial charge >= 0.3 is 0 Å². The van der Waals surface area contributed by atoms with Gasteiger partial charge in [0.15, 0.2) is 0 Å². The summed E-state index contributed by atoms with van der Waals surface area (Å²) >= 11 is 0. The first kappa shape index (κ1) is 21.8. The van der Waals surface area contributed by atoms with E-state index in [1.165, 1.54) is 24.0 Å². The lowest BCUT2D eigenvalue weighted by atomic mass is 9.50. The molecule has 178 valence electrons. The van der Waals surface area contributed by atoms with Gasteiger partial charge in [-0.1, -0.05) is 61.5 Å². The van der Waals surface area contributed by atoms with Crippen LogP contribution in [0, 0.1) is 11.3 Å². The minimum absolute atomic E-state index is 0.0847. The first-order valence-electron chi connectivity index (χ1n) is 12.4. The highest BCUT2D eigenvalue weighted by atomic mass is 16.5. The van der Waals surface area contributed by atoms with Crippen LogP contribution in [-0.4, -0.2) is 33.8 Å². The largest absolute Gasteiger partial charge is 0.480 e. The maximum absolute atomic E-state index is 13.3. The fourth-order valence-electron chi connectivity index (χ4n) is 6.24. The zero-order chi connectivity index (χ0) is 24.0. The second-order valence-electron chi connectivity index (χ2n) is 10.4. The van der Waals surface area contributed by atoms with Gasteiger partial charge < -0.3 is 10.1 Å². The van der Waals surface area contributed by atoms with Crippen molar-refractivity contribution in [1.29, 1.82) is 0 Å². The number of hydrogen-bond acceptors (Lipinski definition) is 4. The molecule has 6 rings (SSSR count). The van der Waals surface area contributed by atoms with Gasteiger partial charge in [-0.15, -0.1) is 0 Å². The maximum atomic E-state index is 13.3. The summed E-state index contributed by atoms with van der Waals surface area (Å²) in [6.07, 6.45) is 8.12. The molecule has 2 aliphatic carbocycles. The smallest absolute Gasteiger partial charge is 0.255 e. The highest BCUT2D eigenvalue weighted by Gasteiger charge is 2.51. The summed E-state index contributed by atoms with van der Waals surface area (Å²) in [6, 6.07) is 19.0. The highest BCUT2D eigenvalue weighted by Crippen LogP contribution is 2.58. The van der Waals surface area contributed by atoms with Crippen molar-refractivity contribution in [2.45, 2.75) is 45.2 Å². The minimum atomic E-state index is -0.0847. The standard InChI is InChI=1S/C29H30N4O2/c1-19-12-29(13-19)14-23(15-29)32-27(34)24-16-30-28(35-2)25-17-31-33(26(24)25)18-20-8-10-22(11-9-20)21-6-4-3-5-7-21/h3-11,16-17,19,23H,12-15,18H2,1-2H3,(H,32,34). The number of fused-ring (bicyclic) bond motifs is 1. The Morgan fingerprint density at radius 1 is 1.03 bits per heavy atom. The number of benzene rings is 2. The van der Waals surface area contributed by atoms with Crippen LogP contribution >= 0.6 is 0 Å². The summed E-state index contributed by atoms with van der Waals surface area (Å²) in [7, 11) is 1.59. The van der Waals surface area contributed by atoms with Crippen molar-refractivity contribution in [2.24, 2.45) is 11.3 Å². The van der Waals surface area contributed by atoms with E-state index < -0.39 is 0 Å². The van der Waals surface area contributed by atoms with Crippen molar-refractivity contribution in [3.63, 3.8) is 0 Å². The third-order valence-electron chi connectivity index (χ3n) is 7.72. The van der Waals surface area contributed by atoms with Gasteiger partial charge in [0.05, 0.1) is 36.3 Å². The summed E-state index contributed by atoms with van der Waals surface area (Å²) in [5, 5.41) is 8.60. The Labute approximate surface area is 205 Å². The molecule has 0 atom stereocenters. The van der Waals surface area contributed by atoms with Gasteiger partial charge in [-0.2, -0.15) is 5.10 Å². The quantitative estimate of drug-likeness (QED) is 0.409. The van der Waals surface area contributed by atoms with E-state index in [9.17, 15) is 4.79 Å². The molecule has 6 heteroatoms. The molecule has 0 radical (unpaired) electrons. The normalized spacial score (nSPS) is 23.0. The van der Waals surface area contributed by atoms with Crippen molar-refractivity contribution in [2.75, 3.05) is 7.11 Å². The average molecular weight is 467 g/mol. The second-order valence-corrected chi connectivity index (χ2v) is 10.4. The van der Waals surface area contributed by atoms with E-state index in [-0.39, 0.29) is 11.9 Å². The second kappa shape index (κ2) is 8.52. The van der Waals surface area contributed by atoms with E-state index in [0.29, 0.717) is 23.4 Å². The molecule has 6 nitrogen and oxygen atoms in total. The molecule has 0 aliphatic heterocycles. The molecule has 2 aromatic heterocycles. The van der Waals surface area contributed by atoms with Gasteiger partial charge in [-0.25, -0.2) is 4.98 Å². The molecule has 1 spiro atoms. The molecule has 0 saturated heterocycles. The van der Waals surface area contributed by atoms with E-state index in [4.69, 9.17) is 4.74 Å². The topological polar surface area (TPSA) is 69.0 Å². The van der Waals surface area contributed by atoms with E-state index in [1.807, 2.05) is 22.9 Å². The third kappa shape index (κ3) is 3.97. The number of amides is 1. The van der Waals surface area contributed by atoms with Gasteiger partial charge in [-0.05, 0) is 53.7 Å². The number of nitrogens with one attached hydrogen (secondary N) is 1. The molecular weight excluding hydrogens is 436 g/mol.